The van der Waals surface area contributed by atoms with Gasteiger partial charge in [0.15, 0.2) is 5.58 Å². The molecule has 0 N–H and O–H groups in total. The number of rotatable bonds is 5. The minimum Gasteiger partial charge on any atom is -0.435 e. The van der Waals surface area contributed by atoms with E-state index >= 15 is 0 Å². The largest absolute Gasteiger partial charge is 0.435 e. The van der Waals surface area contributed by atoms with Gasteiger partial charge in [-0.25, -0.2) is 4.98 Å². The maximum absolute atomic E-state index is 6.70. The fourth-order valence-corrected chi connectivity index (χ4v) is 8.71. The summed E-state index contributed by atoms with van der Waals surface area (Å²) >= 11 is 0. The van der Waals surface area contributed by atoms with E-state index in [2.05, 4.69) is 172 Å². The van der Waals surface area contributed by atoms with Crippen molar-refractivity contribution < 1.29 is 4.42 Å². The van der Waals surface area contributed by atoms with Crippen molar-refractivity contribution in [1.82, 2.24) is 4.98 Å². The molecule has 3 nitrogen and oxygen atoms in total. The molecule has 3 heteroatoms. The summed E-state index contributed by atoms with van der Waals surface area (Å²) in [5.74, 6) is 0.626. The van der Waals surface area contributed by atoms with E-state index in [4.69, 9.17) is 9.40 Å². The normalized spacial score (nSPS) is 14.2. The zero-order valence-corrected chi connectivity index (χ0v) is 31.0. The highest BCUT2D eigenvalue weighted by atomic mass is 16.3. The molecule has 9 aromatic rings. The Kier molecular flexibility index (Phi) is 7.19. The van der Waals surface area contributed by atoms with Crippen molar-refractivity contribution in [2.45, 2.75) is 38.5 Å². The van der Waals surface area contributed by atoms with Crippen molar-refractivity contribution in [3.05, 3.63) is 181 Å². The van der Waals surface area contributed by atoms with Crippen LogP contribution in [-0.4, -0.2) is 4.98 Å². The van der Waals surface area contributed by atoms with Gasteiger partial charge in [0.2, 0.25) is 5.89 Å². The summed E-state index contributed by atoms with van der Waals surface area (Å²) < 4.78 is 6.70. The van der Waals surface area contributed by atoms with Crippen LogP contribution in [0.25, 0.3) is 66.4 Å². The summed E-state index contributed by atoms with van der Waals surface area (Å²) in [6.07, 6.45) is 0. The molecule has 0 saturated carbocycles. The lowest BCUT2D eigenvalue weighted by Gasteiger charge is -2.48. The smallest absolute Gasteiger partial charge is 0.227 e. The molecular formula is C51H40N2O. The molecule has 0 saturated heterocycles. The molecule has 10 rings (SSSR count). The SMILES string of the molecule is CC1(C)c2ccccc2-c2cc(N(c3ccccc3)c3ccc4c(-c5ccccc5)cc5ccc6nc(-c7ccccc7)oc6c5c4c3)ccc2C1(C)C. The van der Waals surface area contributed by atoms with Crippen molar-refractivity contribution in [1.29, 1.82) is 0 Å². The van der Waals surface area contributed by atoms with Gasteiger partial charge in [-0.2, -0.15) is 0 Å². The van der Waals surface area contributed by atoms with E-state index in [1.807, 2.05) is 30.3 Å². The molecule has 0 fully saturated rings. The molecule has 1 heterocycles. The zero-order valence-electron chi connectivity index (χ0n) is 31.0. The first-order valence-electron chi connectivity index (χ1n) is 18.8. The Balaban J connectivity index is 1.24. The summed E-state index contributed by atoms with van der Waals surface area (Å²) in [6.45, 7) is 9.55. The molecule has 0 atom stereocenters. The van der Waals surface area contributed by atoms with Crippen molar-refractivity contribution >= 4 is 49.7 Å². The highest BCUT2D eigenvalue weighted by molar-refractivity contribution is 6.22. The molecule has 0 unspecified atom stereocenters. The Morgan fingerprint density at radius 2 is 1.07 bits per heavy atom. The molecule has 260 valence electrons. The predicted molar refractivity (Wildman–Crippen MR) is 226 cm³/mol. The maximum Gasteiger partial charge on any atom is 0.227 e. The molecule has 0 bridgehead atoms. The second-order valence-corrected chi connectivity index (χ2v) is 15.6. The maximum atomic E-state index is 6.70. The average molecular weight is 697 g/mol. The number of oxazole rings is 1. The Bertz CT molecular complexity index is 2870. The minimum atomic E-state index is -0.0659. The molecule has 0 radical (unpaired) electrons. The number of para-hydroxylation sites is 1. The van der Waals surface area contributed by atoms with Gasteiger partial charge in [-0.05, 0) is 121 Å². The van der Waals surface area contributed by atoms with E-state index in [9.17, 15) is 0 Å². The highest BCUT2D eigenvalue weighted by Crippen LogP contribution is 2.55. The lowest BCUT2D eigenvalue weighted by atomic mass is 9.55. The van der Waals surface area contributed by atoms with Crippen LogP contribution in [0.15, 0.2) is 174 Å². The van der Waals surface area contributed by atoms with Crippen LogP contribution >= 0.6 is 0 Å². The molecule has 0 amide bonds. The zero-order chi connectivity index (χ0) is 36.6. The van der Waals surface area contributed by atoms with Gasteiger partial charge in [-0.1, -0.05) is 137 Å². The molecule has 1 aliphatic rings. The fraction of sp³-hybridized carbons (Fsp3) is 0.118. The lowest BCUT2D eigenvalue weighted by molar-refractivity contribution is 0.299. The van der Waals surface area contributed by atoms with Gasteiger partial charge in [0.1, 0.15) is 5.52 Å². The summed E-state index contributed by atoms with van der Waals surface area (Å²) in [5.41, 5.74) is 13.5. The van der Waals surface area contributed by atoms with Gasteiger partial charge in [0.25, 0.3) is 0 Å². The lowest BCUT2D eigenvalue weighted by Crippen LogP contribution is -2.43. The first kappa shape index (κ1) is 32.2. The van der Waals surface area contributed by atoms with Crippen LogP contribution in [-0.2, 0) is 10.8 Å². The molecule has 1 aliphatic carbocycles. The number of fused-ring (bicyclic) bond motifs is 8. The average Bonchev–Trinajstić information content (AvgIpc) is 3.66. The third kappa shape index (κ3) is 4.85. The molecule has 0 aliphatic heterocycles. The summed E-state index contributed by atoms with van der Waals surface area (Å²) in [7, 11) is 0. The van der Waals surface area contributed by atoms with E-state index in [0.29, 0.717) is 5.89 Å². The van der Waals surface area contributed by atoms with Crippen LogP contribution in [0.1, 0.15) is 38.8 Å². The molecule has 0 spiro atoms. The van der Waals surface area contributed by atoms with Gasteiger partial charge in [-0.15, -0.1) is 0 Å². The monoisotopic (exact) mass is 696 g/mol. The third-order valence-corrected chi connectivity index (χ3v) is 12.2. The van der Waals surface area contributed by atoms with Crippen molar-refractivity contribution in [3.8, 4) is 33.7 Å². The molecule has 8 aromatic carbocycles. The van der Waals surface area contributed by atoms with Gasteiger partial charge in [0.05, 0.1) is 0 Å². The Hall–Kier alpha value is -6.45. The van der Waals surface area contributed by atoms with E-state index < -0.39 is 0 Å². The number of hydrogen-bond donors (Lipinski definition) is 0. The summed E-state index contributed by atoms with van der Waals surface area (Å²) in [4.78, 5) is 7.37. The number of hydrogen-bond acceptors (Lipinski definition) is 3. The second-order valence-electron chi connectivity index (χ2n) is 15.6. The third-order valence-electron chi connectivity index (χ3n) is 12.2. The fourth-order valence-electron chi connectivity index (χ4n) is 8.71. The van der Waals surface area contributed by atoms with Gasteiger partial charge < -0.3 is 9.32 Å². The van der Waals surface area contributed by atoms with Gasteiger partial charge in [-0.3, -0.25) is 0 Å². The number of anilines is 3. The van der Waals surface area contributed by atoms with Crippen molar-refractivity contribution in [3.63, 3.8) is 0 Å². The minimum absolute atomic E-state index is 0.0283. The van der Waals surface area contributed by atoms with E-state index in [-0.39, 0.29) is 10.8 Å². The van der Waals surface area contributed by atoms with Crippen LogP contribution in [0, 0.1) is 0 Å². The number of nitrogens with zero attached hydrogens (tertiary/aromatic N) is 2. The van der Waals surface area contributed by atoms with E-state index in [0.717, 1.165) is 49.9 Å². The molecular weight excluding hydrogens is 657 g/mol. The van der Waals surface area contributed by atoms with Crippen molar-refractivity contribution in [2.75, 3.05) is 4.90 Å². The molecule has 54 heavy (non-hydrogen) atoms. The first-order chi connectivity index (χ1) is 26.3. The van der Waals surface area contributed by atoms with Crippen molar-refractivity contribution in [2.24, 2.45) is 0 Å². The second kappa shape index (κ2) is 12.0. The van der Waals surface area contributed by atoms with Gasteiger partial charge in [0, 0.05) is 28.0 Å². The topological polar surface area (TPSA) is 29.3 Å². The summed E-state index contributed by atoms with van der Waals surface area (Å²) in [5, 5.41) is 4.47. The molecule has 1 aromatic heterocycles. The Morgan fingerprint density at radius 3 is 1.81 bits per heavy atom. The van der Waals surface area contributed by atoms with Gasteiger partial charge >= 0.3 is 0 Å². The van der Waals surface area contributed by atoms with E-state index in [1.165, 1.54) is 38.8 Å². The van der Waals surface area contributed by atoms with Crippen LogP contribution in [0.3, 0.4) is 0 Å². The number of aromatic nitrogens is 1. The van der Waals surface area contributed by atoms with Crippen LogP contribution < -0.4 is 4.90 Å². The summed E-state index contributed by atoms with van der Waals surface area (Å²) in [6, 6.07) is 61.1. The highest BCUT2D eigenvalue weighted by Gasteiger charge is 2.45. The van der Waals surface area contributed by atoms with Crippen LogP contribution in [0.2, 0.25) is 0 Å². The van der Waals surface area contributed by atoms with Crippen LogP contribution in [0.4, 0.5) is 17.1 Å². The van der Waals surface area contributed by atoms with Crippen LogP contribution in [0.5, 0.6) is 0 Å². The standard InChI is InChI=1S/C51H40N2O/c1-50(2)44-23-15-14-22-40(44)42-31-38(26-28-45(42)51(50,3)4)53(36-20-12-7-13-21-36)37-25-27-39-41(33-16-8-5-9-17-33)30-35-24-29-46-48(47(35)43(39)32-37)54-49(52-46)34-18-10-6-11-19-34/h5-32H,1-4H3. The number of benzene rings is 8. The Labute approximate surface area is 316 Å². The quantitative estimate of drug-likeness (QED) is 0.168. The van der Waals surface area contributed by atoms with E-state index in [1.54, 1.807) is 0 Å². The first-order valence-corrected chi connectivity index (χ1v) is 18.8. The predicted octanol–water partition coefficient (Wildman–Crippen LogP) is 14.2. The Morgan fingerprint density at radius 1 is 0.463 bits per heavy atom.